The fourth-order valence-corrected chi connectivity index (χ4v) is 6.53. The second kappa shape index (κ2) is 10.8. The summed E-state index contributed by atoms with van der Waals surface area (Å²) in [6.07, 6.45) is 0.726. The van der Waals surface area contributed by atoms with Gasteiger partial charge in [0.2, 0.25) is 10.0 Å². The minimum Gasteiger partial charge on any atom is -0.339 e. The Kier molecular flexibility index (Phi) is 8.51. The number of nitrogens with zero attached hydrogens (tertiary/aromatic N) is 2. The van der Waals surface area contributed by atoms with E-state index in [-0.39, 0.29) is 43.6 Å². The molecule has 192 valence electrons. The molecule has 2 amide bonds. The summed E-state index contributed by atoms with van der Waals surface area (Å²) in [5.41, 5.74) is -1.65. The van der Waals surface area contributed by atoms with E-state index in [4.69, 9.17) is 4.74 Å². The Bertz CT molecular complexity index is 941. The first-order chi connectivity index (χ1) is 16.0. The zero-order valence-corrected chi connectivity index (χ0v) is 20.6. The molecule has 7 nitrogen and oxygen atoms in total. The number of ether oxygens (including phenoxy) is 1. The molecule has 1 N–H and O–H groups in total. The standard InChI is InChI=1S/C23H34F3N3O4S/c1-3-29(34(2,31)32)22(33-17-27-21(30)28-15-7-4-8-16-28)13-11-18(12-14-22)19-9-5-6-10-20(19)23(24,25)26/h5-6,9-10,18H,3-4,7-8,11-17H2,1-2H3,(H,27,30). The van der Waals surface area contributed by atoms with Gasteiger partial charge in [0, 0.05) is 19.6 Å². The van der Waals surface area contributed by atoms with Crippen molar-refractivity contribution in [1.29, 1.82) is 0 Å². The van der Waals surface area contributed by atoms with Crippen LogP contribution in [0.4, 0.5) is 18.0 Å². The second-order valence-electron chi connectivity index (χ2n) is 9.05. The molecule has 1 saturated carbocycles. The number of sulfonamides is 1. The van der Waals surface area contributed by atoms with Crippen molar-refractivity contribution in [2.75, 3.05) is 32.6 Å². The van der Waals surface area contributed by atoms with Crippen LogP contribution in [0.2, 0.25) is 0 Å². The molecule has 0 aromatic heterocycles. The number of piperidine rings is 1. The highest BCUT2D eigenvalue weighted by molar-refractivity contribution is 7.88. The molecule has 2 fully saturated rings. The third-order valence-corrected chi connectivity index (χ3v) is 8.21. The van der Waals surface area contributed by atoms with E-state index in [0.717, 1.165) is 31.6 Å². The number of alkyl halides is 3. The third-order valence-electron chi connectivity index (χ3n) is 6.82. The number of hydrogen-bond acceptors (Lipinski definition) is 4. The number of carbonyl (C=O) groups excluding carboxylic acids is 1. The van der Waals surface area contributed by atoms with Crippen molar-refractivity contribution in [2.24, 2.45) is 0 Å². The van der Waals surface area contributed by atoms with E-state index in [2.05, 4.69) is 5.32 Å². The van der Waals surface area contributed by atoms with Crippen LogP contribution in [0, 0.1) is 0 Å². The Hall–Kier alpha value is -1.85. The third kappa shape index (κ3) is 6.23. The van der Waals surface area contributed by atoms with Crippen LogP contribution >= 0.6 is 0 Å². The zero-order valence-electron chi connectivity index (χ0n) is 19.7. The van der Waals surface area contributed by atoms with Crippen LogP contribution in [0.25, 0.3) is 0 Å². The maximum absolute atomic E-state index is 13.5. The van der Waals surface area contributed by atoms with Gasteiger partial charge < -0.3 is 15.0 Å². The first-order valence-corrected chi connectivity index (χ1v) is 13.6. The number of nitrogens with one attached hydrogen (secondary N) is 1. The zero-order chi connectivity index (χ0) is 25.0. The summed E-state index contributed by atoms with van der Waals surface area (Å²) in [6.45, 7) is 3.01. The van der Waals surface area contributed by atoms with Crippen LogP contribution in [-0.4, -0.2) is 62.0 Å². The lowest BCUT2D eigenvalue weighted by molar-refractivity contribution is -0.147. The molecule has 0 spiro atoms. The molecule has 2 aliphatic rings. The van der Waals surface area contributed by atoms with Crippen molar-refractivity contribution < 1.29 is 31.1 Å². The van der Waals surface area contributed by atoms with Gasteiger partial charge in [0.25, 0.3) is 0 Å². The molecule has 0 radical (unpaired) electrons. The highest BCUT2D eigenvalue weighted by Gasteiger charge is 2.46. The molecule has 1 aromatic carbocycles. The summed E-state index contributed by atoms with van der Waals surface area (Å²) in [4.78, 5) is 14.2. The Labute approximate surface area is 199 Å². The number of hydrogen-bond donors (Lipinski definition) is 1. The highest BCUT2D eigenvalue weighted by Crippen LogP contribution is 2.45. The second-order valence-corrected chi connectivity index (χ2v) is 11.0. The van der Waals surface area contributed by atoms with Gasteiger partial charge in [-0.2, -0.15) is 17.5 Å². The van der Waals surface area contributed by atoms with Crippen LogP contribution in [0.15, 0.2) is 24.3 Å². The summed E-state index contributed by atoms with van der Waals surface area (Å²) in [5, 5.41) is 2.72. The summed E-state index contributed by atoms with van der Waals surface area (Å²) in [6, 6.07) is 5.28. The van der Waals surface area contributed by atoms with Gasteiger partial charge in [-0.15, -0.1) is 0 Å². The molecule has 1 heterocycles. The Morgan fingerprint density at radius 2 is 1.79 bits per heavy atom. The molecular formula is C23H34F3N3O4S. The van der Waals surface area contributed by atoms with E-state index in [9.17, 15) is 26.4 Å². The van der Waals surface area contributed by atoms with Crippen LogP contribution in [0.5, 0.6) is 0 Å². The SMILES string of the molecule is CCN(C1(OCNC(=O)N2CCCCC2)CCC(c2ccccc2C(F)(F)F)CC1)S(C)(=O)=O. The van der Waals surface area contributed by atoms with Gasteiger partial charge in [0.1, 0.15) is 12.5 Å². The van der Waals surface area contributed by atoms with Crippen molar-refractivity contribution in [3.63, 3.8) is 0 Å². The van der Waals surface area contributed by atoms with Gasteiger partial charge >= 0.3 is 12.2 Å². The molecule has 1 aliphatic carbocycles. The number of likely N-dealkylation sites (tertiary alicyclic amines) is 1. The monoisotopic (exact) mass is 505 g/mol. The molecule has 0 bridgehead atoms. The average Bonchev–Trinajstić information content (AvgIpc) is 2.79. The summed E-state index contributed by atoms with van der Waals surface area (Å²) < 4.78 is 73.0. The molecule has 0 unspecified atom stereocenters. The van der Waals surface area contributed by atoms with Crippen LogP contribution < -0.4 is 5.32 Å². The van der Waals surface area contributed by atoms with E-state index in [1.54, 1.807) is 17.9 Å². The van der Waals surface area contributed by atoms with Gasteiger partial charge in [0.15, 0.2) is 0 Å². The van der Waals surface area contributed by atoms with Crippen molar-refractivity contribution in [2.45, 2.75) is 69.7 Å². The van der Waals surface area contributed by atoms with Crippen molar-refractivity contribution in [3.05, 3.63) is 35.4 Å². The fraction of sp³-hybridized carbons (Fsp3) is 0.696. The summed E-state index contributed by atoms with van der Waals surface area (Å²) in [7, 11) is -3.65. The van der Waals surface area contributed by atoms with Crippen molar-refractivity contribution in [1.82, 2.24) is 14.5 Å². The molecule has 1 aromatic rings. The van der Waals surface area contributed by atoms with Gasteiger partial charge in [0.05, 0.1) is 11.8 Å². The maximum atomic E-state index is 13.5. The van der Waals surface area contributed by atoms with Crippen molar-refractivity contribution in [3.8, 4) is 0 Å². The first kappa shape index (κ1) is 26.7. The predicted octanol–water partition coefficient (Wildman–Crippen LogP) is 4.51. The lowest BCUT2D eigenvalue weighted by atomic mass is 9.78. The lowest BCUT2D eigenvalue weighted by Crippen LogP contribution is -2.56. The summed E-state index contributed by atoms with van der Waals surface area (Å²) in [5.74, 6) is -0.365. The normalized spacial score (nSPS) is 24.3. The number of benzene rings is 1. The Morgan fingerprint density at radius 1 is 1.18 bits per heavy atom. The molecule has 34 heavy (non-hydrogen) atoms. The minimum absolute atomic E-state index is 0.155. The van der Waals surface area contributed by atoms with Crippen LogP contribution in [-0.2, 0) is 20.9 Å². The van der Waals surface area contributed by atoms with E-state index < -0.39 is 27.5 Å². The highest BCUT2D eigenvalue weighted by atomic mass is 32.2. The average molecular weight is 506 g/mol. The van der Waals surface area contributed by atoms with Gasteiger partial charge in [-0.3, -0.25) is 0 Å². The quantitative estimate of drug-likeness (QED) is 0.553. The van der Waals surface area contributed by atoms with Crippen molar-refractivity contribution >= 4 is 16.1 Å². The Morgan fingerprint density at radius 3 is 2.35 bits per heavy atom. The molecule has 1 aliphatic heterocycles. The maximum Gasteiger partial charge on any atom is 0.416 e. The number of carbonyl (C=O) groups is 1. The topological polar surface area (TPSA) is 79.0 Å². The lowest BCUT2D eigenvalue weighted by Gasteiger charge is -2.46. The molecular weight excluding hydrogens is 471 g/mol. The van der Waals surface area contributed by atoms with Crippen LogP contribution in [0.1, 0.15) is 68.9 Å². The molecule has 1 saturated heterocycles. The minimum atomic E-state index is -4.46. The van der Waals surface area contributed by atoms with E-state index in [1.807, 2.05) is 0 Å². The number of rotatable bonds is 7. The Balaban J connectivity index is 1.75. The molecule has 11 heteroatoms. The van der Waals surface area contributed by atoms with Crippen LogP contribution in [0.3, 0.4) is 0 Å². The number of halogens is 3. The fourth-order valence-electron chi connectivity index (χ4n) is 5.22. The van der Waals surface area contributed by atoms with E-state index in [0.29, 0.717) is 25.9 Å². The number of urea groups is 1. The van der Waals surface area contributed by atoms with Gasteiger partial charge in [-0.25, -0.2) is 13.2 Å². The van der Waals surface area contributed by atoms with E-state index in [1.165, 1.54) is 16.4 Å². The first-order valence-electron chi connectivity index (χ1n) is 11.8. The smallest absolute Gasteiger partial charge is 0.339 e. The summed E-state index contributed by atoms with van der Waals surface area (Å²) >= 11 is 0. The van der Waals surface area contributed by atoms with Gasteiger partial charge in [-0.1, -0.05) is 25.1 Å². The largest absolute Gasteiger partial charge is 0.416 e. The predicted molar refractivity (Wildman–Crippen MR) is 123 cm³/mol. The number of amides is 2. The molecule has 0 atom stereocenters. The van der Waals surface area contributed by atoms with Gasteiger partial charge in [-0.05, 0) is 62.5 Å². The van der Waals surface area contributed by atoms with E-state index >= 15 is 0 Å². The molecule has 3 rings (SSSR count).